The van der Waals surface area contributed by atoms with Crippen LogP contribution in [-0.2, 0) is 6.61 Å². The Labute approximate surface area is 74.2 Å². The van der Waals surface area contributed by atoms with Crippen LogP contribution in [0.15, 0.2) is 6.20 Å². The summed E-state index contributed by atoms with van der Waals surface area (Å²) < 4.78 is 24.6. The maximum absolute atomic E-state index is 12.3. The first kappa shape index (κ1) is 9.85. The van der Waals surface area contributed by atoms with Crippen molar-refractivity contribution in [3.63, 3.8) is 0 Å². The first-order chi connectivity index (χ1) is 6.07. The largest absolute Gasteiger partial charge is 0.397 e. The second-order valence-electron chi connectivity index (χ2n) is 2.65. The minimum atomic E-state index is -2.66. The third-order valence-corrected chi connectivity index (χ3v) is 1.85. The number of nitrogens with zero attached hydrogens (tertiary/aromatic N) is 1. The molecule has 1 aromatic rings. The molecular weight excluding hydrogens is 178 g/mol. The minimum absolute atomic E-state index is 0.0718. The highest BCUT2D eigenvalue weighted by Gasteiger charge is 2.16. The van der Waals surface area contributed by atoms with Crippen molar-refractivity contribution in [1.29, 1.82) is 0 Å². The smallest absolute Gasteiger partial charge is 0.265 e. The average Bonchev–Trinajstić information content (AvgIpc) is 2.09. The van der Waals surface area contributed by atoms with Gasteiger partial charge in [-0.15, -0.1) is 0 Å². The lowest BCUT2D eigenvalue weighted by Gasteiger charge is -2.10. The van der Waals surface area contributed by atoms with Crippen LogP contribution in [0.3, 0.4) is 0 Å². The molecule has 1 rings (SSSR count). The fourth-order valence-corrected chi connectivity index (χ4v) is 1.05. The summed E-state index contributed by atoms with van der Waals surface area (Å²) in [6.45, 7) is 1.11. The molecule has 5 heteroatoms. The second kappa shape index (κ2) is 3.66. The number of hydrogen-bond acceptors (Lipinski definition) is 3. The van der Waals surface area contributed by atoms with Crippen molar-refractivity contribution in [3.05, 3.63) is 23.0 Å². The third kappa shape index (κ3) is 1.75. The Morgan fingerprint density at radius 3 is 2.69 bits per heavy atom. The molecular formula is C8H10F2N2O. The van der Waals surface area contributed by atoms with Gasteiger partial charge in [0.25, 0.3) is 6.43 Å². The van der Waals surface area contributed by atoms with Crippen LogP contribution in [0.2, 0.25) is 0 Å². The highest BCUT2D eigenvalue weighted by molar-refractivity contribution is 5.53. The number of alkyl halides is 2. The molecule has 0 bridgehead atoms. The summed E-state index contributed by atoms with van der Waals surface area (Å²) in [5.41, 5.74) is 5.84. The predicted molar refractivity (Wildman–Crippen MR) is 44.3 cm³/mol. The fourth-order valence-electron chi connectivity index (χ4n) is 1.05. The molecule has 3 N–H and O–H groups in total. The SMILES string of the molecule is Cc1ncc(C(F)F)c(CO)c1N. The summed E-state index contributed by atoms with van der Waals surface area (Å²) in [4.78, 5) is 3.69. The van der Waals surface area contributed by atoms with E-state index in [0.717, 1.165) is 6.20 Å². The molecule has 0 aliphatic carbocycles. The zero-order chi connectivity index (χ0) is 10.0. The molecule has 0 fully saturated rings. The lowest BCUT2D eigenvalue weighted by molar-refractivity contribution is 0.146. The maximum atomic E-state index is 12.3. The third-order valence-electron chi connectivity index (χ3n) is 1.85. The molecule has 1 aromatic heterocycles. The molecule has 0 spiro atoms. The summed E-state index contributed by atoms with van der Waals surface area (Å²) in [5.74, 6) is 0. The van der Waals surface area contributed by atoms with E-state index in [4.69, 9.17) is 10.8 Å². The number of hydrogen-bond donors (Lipinski definition) is 2. The summed E-state index contributed by atoms with van der Waals surface area (Å²) in [5, 5.41) is 8.83. The Bertz CT molecular complexity index is 315. The van der Waals surface area contributed by atoms with Crippen LogP contribution in [0.5, 0.6) is 0 Å². The molecule has 0 saturated carbocycles. The number of nitrogen functional groups attached to an aromatic ring is 1. The molecule has 0 saturated heterocycles. The number of anilines is 1. The molecule has 0 unspecified atom stereocenters. The topological polar surface area (TPSA) is 59.1 Å². The normalized spacial score (nSPS) is 10.8. The molecule has 72 valence electrons. The summed E-state index contributed by atoms with van der Waals surface area (Å²) >= 11 is 0. The van der Waals surface area contributed by atoms with Crippen molar-refractivity contribution >= 4 is 5.69 Å². The summed E-state index contributed by atoms with van der Waals surface area (Å²) in [7, 11) is 0. The number of pyridine rings is 1. The van der Waals surface area contributed by atoms with Gasteiger partial charge < -0.3 is 10.8 Å². The zero-order valence-electron chi connectivity index (χ0n) is 7.09. The number of halogens is 2. The van der Waals surface area contributed by atoms with Crippen molar-refractivity contribution in [1.82, 2.24) is 4.98 Å². The van der Waals surface area contributed by atoms with Crippen LogP contribution in [0.1, 0.15) is 23.2 Å². The first-order valence-corrected chi connectivity index (χ1v) is 3.70. The van der Waals surface area contributed by atoms with Gasteiger partial charge in [0, 0.05) is 17.3 Å². The molecule has 0 radical (unpaired) electrons. The Morgan fingerprint density at radius 1 is 1.62 bits per heavy atom. The van der Waals surface area contributed by atoms with Gasteiger partial charge in [0.2, 0.25) is 0 Å². The van der Waals surface area contributed by atoms with E-state index in [-0.39, 0.29) is 16.8 Å². The Balaban J connectivity index is 3.30. The van der Waals surface area contributed by atoms with Gasteiger partial charge in [0.15, 0.2) is 0 Å². The molecule has 0 atom stereocenters. The fraction of sp³-hybridized carbons (Fsp3) is 0.375. The Hall–Kier alpha value is -1.23. The quantitative estimate of drug-likeness (QED) is 0.737. The summed E-state index contributed by atoms with van der Waals surface area (Å²) in [6.07, 6.45) is -1.61. The lowest BCUT2D eigenvalue weighted by Crippen LogP contribution is -2.04. The van der Waals surface area contributed by atoms with Gasteiger partial charge in [-0.05, 0) is 6.92 Å². The van der Waals surface area contributed by atoms with E-state index in [1.165, 1.54) is 0 Å². The van der Waals surface area contributed by atoms with Gasteiger partial charge >= 0.3 is 0 Å². The lowest BCUT2D eigenvalue weighted by atomic mass is 10.1. The van der Waals surface area contributed by atoms with E-state index in [2.05, 4.69) is 4.98 Å². The molecule has 0 amide bonds. The van der Waals surface area contributed by atoms with Gasteiger partial charge in [-0.1, -0.05) is 0 Å². The van der Waals surface area contributed by atoms with Crippen molar-refractivity contribution in [2.24, 2.45) is 0 Å². The Kier molecular flexibility index (Phi) is 2.77. The van der Waals surface area contributed by atoms with Crippen LogP contribution in [-0.4, -0.2) is 10.1 Å². The van der Waals surface area contributed by atoms with E-state index in [1.54, 1.807) is 6.92 Å². The van der Waals surface area contributed by atoms with Gasteiger partial charge in [-0.25, -0.2) is 8.78 Å². The number of rotatable bonds is 2. The molecule has 3 nitrogen and oxygen atoms in total. The highest BCUT2D eigenvalue weighted by atomic mass is 19.3. The zero-order valence-corrected chi connectivity index (χ0v) is 7.09. The number of nitrogens with two attached hydrogens (primary N) is 1. The van der Waals surface area contributed by atoms with E-state index in [0.29, 0.717) is 5.69 Å². The van der Waals surface area contributed by atoms with Crippen LogP contribution >= 0.6 is 0 Å². The molecule has 13 heavy (non-hydrogen) atoms. The predicted octanol–water partition coefficient (Wildman–Crippen LogP) is 1.40. The molecule has 0 aromatic carbocycles. The van der Waals surface area contributed by atoms with Gasteiger partial charge in [0.05, 0.1) is 18.0 Å². The van der Waals surface area contributed by atoms with Crippen molar-refractivity contribution in [2.45, 2.75) is 20.0 Å². The van der Waals surface area contributed by atoms with Crippen LogP contribution in [0, 0.1) is 6.92 Å². The van der Waals surface area contributed by atoms with E-state index >= 15 is 0 Å². The molecule has 0 aliphatic heterocycles. The minimum Gasteiger partial charge on any atom is -0.397 e. The molecule has 1 heterocycles. The van der Waals surface area contributed by atoms with Crippen LogP contribution in [0.25, 0.3) is 0 Å². The van der Waals surface area contributed by atoms with Crippen LogP contribution in [0.4, 0.5) is 14.5 Å². The van der Waals surface area contributed by atoms with Gasteiger partial charge in [-0.2, -0.15) is 0 Å². The number of aliphatic hydroxyl groups is 1. The van der Waals surface area contributed by atoms with Crippen molar-refractivity contribution in [2.75, 3.05) is 5.73 Å². The van der Waals surface area contributed by atoms with Gasteiger partial charge in [-0.3, -0.25) is 4.98 Å². The monoisotopic (exact) mass is 188 g/mol. The van der Waals surface area contributed by atoms with Crippen LogP contribution < -0.4 is 5.73 Å². The Morgan fingerprint density at radius 2 is 2.23 bits per heavy atom. The van der Waals surface area contributed by atoms with Crippen molar-refractivity contribution in [3.8, 4) is 0 Å². The average molecular weight is 188 g/mol. The van der Waals surface area contributed by atoms with Crippen molar-refractivity contribution < 1.29 is 13.9 Å². The van der Waals surface area contributed by atoms with E-state index in [1.807, 2.05) is 0 Å². The molecule has 0 aliphatic rings. The maximum Gasteiger partial charge on any atom is 0.265 e. The second-order valence-corrected chi connectivity index (χ2v) is 2.65. The highest BCUT2D eigenvalue weighted by Crippen LogP contribution is 2.27. The van der Waals surface area contributed by atoms with E-state index < -0.39 is 13.0 Å². The number of aliphatic hydroxyl groups excluding tert-OH is 1. The number of aromatic nitrogens is 1. The first-order valence-electron chi connectivity index (χ1n) is 3.70. The van der Waals surface area contributed by atoms with Gasteiger partial charge in [0.1, 0.15) is 0 Å². The standard InChI is InChI=1S/C8H10F2N2O/c1-4-7(11)6(3-13)5(2-12-4)8(9)10/h2,8,13H,3,11H2,1H3. The van der Waals surface area contributed by atoms with E-state index in [9.17, 15) is 8.78 Å². The number of aryl methyl sites for hydroxylation is 1. The summed E-state index contributed by atoms with van der Waals surface area (Å²) in [6, 6.07) is 0.